The average molecular weight is 269 g/mol. The van der Waals surface area contributed by atoms with Crippen LogP contribution in [0.1, 0.15) is 86.5 Å². The van der Waals surface area contributed by atoms with Crippen molar-refractivity contribution in [3.05, 3.63) is 0 Å². The van der Waals surface area contributed by atoms with Crippen LogP contribution in [0, 0.1) is 5.41 Å². The van der Waals surface area contributed by atoms with E-state index < -0.39 is 0 Å². The van der Waals surface area contributed by atoms with E-state index in [2.05, 4.69) is 46.9 Å². The summed E-state index contributed by atoms with van der Waals surface area (Å²) in [6.07, 6.45) is 7.21. The second-order valence-electron chi connectivity index (χ2n) is 6.67. The van der Waals surface area contributed by atoms with E-state index in [-0.39, 0.29) is 11.0 Å². The number of nitrogens with one attached hydrogen (secondary N) is 1. The number of carbonyl (C=O) groups is 1. The number of rotatable bonds is 11. The van der Waals surface area contributed by atoms with E-state index in [1.165, 1.54) is 6.42 Å². The molecule has 0 atom stereocenters. The predicted octanol–water partition coefficient (Wildman–Crippen LogP) is 4.72. The summed E-state index contributed by atoms with van der Waals surface area (Å²) in [5, 5.41) is 3.56. The summed E-state index contributed by atoms with van der Waals surface area (Å²) in [4.78, 5) is 12.1. The molecule has 0 heterocycles. The van der Waals surface area contributed by atoms with Crippen LogP contribution >= 0.6 is 0 Å². The van der Waals surface area contributed by atoms with Gasteiger partial charge >= 0.3 is 0 Å². The third-order valence-corrected chi connectivity index (χ3v) is 4.80. The minimum Gasteiger partial charge on any atom is -0.312 e. The molecule has 0 radical (unpaired) electrons. The highest BCUT2D eigenvalue weighted by Crippen LogP contribution is 2.28. The topological polar surface area (TPSA) is 29.1 Å². The Labute approximate surface area is 120 Å². The number of ketones is 1. The molecule has 0 spiro atoms. The van der Waals surface area contributed by atoms with E-state index in [0.29, 0.717) is 5.78 Å². The van der Waals surface area contributed by atoms with Crippen LogP contribution in [0.25, 0.3) is 0 Å². The molecule has 19 heavy (non-hydrogen) atoms. The number of unbranched alkanes of at least 4 members (excludes halogenated alkanes) is 2. The fourth-order valence-corrected chi connectivity index (χ4v) is 2.09. The lowest BCUT2D eigenvalue weighted by atomic mass is 9.78. The third kappa shape index (κ3) is 7.10. The lowest BCUT2D eigenvalue weighted by Gasteiger charge is -2.25. The Morgan fingerprint density at radius 2 is 1.47 bits per heavy atom. The highest BCUT2D eigenvalue weighted by atomic mass is 16.1. The summed E-state index contributed by atoms with van der Waals surface area (Å²) in [5.74, 6) is 0.458. The quantitative estimate of drug-likeness (QED) is 0.550. The Hall–Kier alpha value is -0.370. The van der Waals surface area contributed by atoms with Gasteiger partial charge in [0.2, 0.25) is 0 Å². The minimum atomic E-state index is -0.0809. The molecule has 0 aromatic carbocycles. The van der Waals surface area contributed by atoms with Crippen molar-refractivity contribution in [3.63, 3.8) is 0 Å². The molecule has 0 unspecified atom stereocenters. The zero-order chi connectivity index (χ0) is 14.9. The molecule has 114 valence electrons. The van der Waals surface area contributed by atoms with E-state index in [0.717, 1.165) is 45.1 Å². The molecule has 0 fully saturated rings. The molecule has 0 saturated heterocycles. The molecular weight excluding hydrogens is 234 g/mol. The third-order valence-electron chi connectivity index (χ3n) is 4.80. The molecular formula is C17H35NO. The van der Waals surface area contributed by atoms with Gasteiger partial charge in [0.05, 0.1) is 0 Å². The molecule has 2 heteroatoms. The van der Waals surface area contributed by atoms with Crippen molar-refractivity contribution < 1.29 is 4.79 Å². The summed E-state index contributed by atoms with van der Waals surface area (Å²) in [5.41, 5.74) is 0.168. The van der Waals surface area contributed by atoms with Crippen molar-refractivity contribution in [1.29, 1.82) is 0 Å². The molecule has 0 aliphatic carbocycles. The molecule has 2 nitrogen and oxygen atoms in total. The van der Waals surface area contributed by atoms with E-state index in [9.17, 15) is 4.79 Å². The maximum Gasteiger partial charge on any atom is 0.138 e. The first kappa shape index (κ1) is 18.6. The van der Waals surface area contributed by atoms with Gasteiger partial charge in [0, 0.05) is 17.4 Å². The highest BCUT2D eigenvalue weighted by Gasteiger charge is 2.27. The van der Waals surface area contributed by atoms with Crippen molar-refractivity contribution in [2.45, 2.75) is 92.0 Å². The van der Waals surface area contributed by atoms with E-state index in [1.807, 2.05) is 0 Å². The van der Waals surface area contributed by atoms with Crippen molar-refractivity contribution in [1.82, 2.24) is 5.32 Å². The van der Waals surface area contributed by atoms with E-state index in [1.54, 1.807) is 0 Å². The van der Waals surface area contributed by atoms with Gasteiger partial charge in [-0.25, -0.2) is 0 Å². The SMILES string of the molecule is CCC(C)(C)NCCCCCC(=O)C(C)(CC)CC. The first-order valence-electron chi connectivity index (χ1n) is 8.09. The zero-order valence-electron chi connectivity index (χ0n) is 14.1. The monoisotopic (exact) mass is 269 g/mol. The zero-order valence-corrected chi connectivity index (χ0v) is 14.1. The molecule has 0 aromatic heterocycles. The highest BCUT2D eigenvalue weighted by molar-refractivity contribution is 5.84. The second kappa shape index (κ2) is 8.73. The molecule has 0 aliphatic heterocycles. The number of hydrogen-bond acceptors (Lipinski definition) is 2. The number of hydrogen-bond donors (Lipinski definition) is 1. The minimum absolute atomic E-state index is 0.0809. The Morgan fingerprint density at radius 3 is 1.95 bits per heavy atom. The lowest BCUT2D eigenvalue weighted by Crippen LogP contribution is -2.38. The van der Waals surface area contributed by atoms with Crippen LogP contribution in [0.3, 0.4) is 0 Å². The normalized spacial score (nSPS) is 12.7. The largest absolute Gasteiger partial charge is 0.312 e. The van der Waals surface area contributed by atoms with Crippen LogP contribution in [0.15, 0.2) is 0 Å². The number of carbonyl (C=O) groups excluding carboxylic acids is 1. The van der Waals surface area contributed by atoms with Gasteiger partial charge in [0.15, 0.2) is 0 Å². The fourth-order valence-electron chi connectivity index (χ4n) is 2.09. The van der Waals surface area contributed by atoms with E-state index in [4.69, 9.17) is 0 Å². The number of Topliss-reactive ketones (excluding diaryl/α,β-unsaturated/α-hetero) is 1. The molecule has 0 aromatic rings. The first-order valence-corrected chi connectivity index (χ1v) is 8.09. The molecule has 0 aliphatic rings. The van der Waals surface area contributed by atoms with Crippen molar-refractivity contribution in [2.75, 3.05) is 6.54 Å². The smallest absolute Gasteiger partial charge is 0.138 e. The van der Waals surface area contributed by atoms with Crippen molar-refractivity contribution in [2.24, 2.45) is 5.41 Å². The van der Waals surface area contributed by atoms with Crippen LogP contribution in [0.5, 0.6) is 0 Å². The van der Waals surface area contributed by atoms with E-state index >= 15 is 0 Å². The van der Waals surface area contributed by atoms with Gasteiger partial charge in [-0.2, -0.15) is 0 Å². The van der Waals surface area contributed by atoms with Gasteiger partial charge in [-0.1, -0.05) is 34.1 Å². The molecule has 0 amide bonds. The van der Waals surface area contributed by atoms with Gasteiger partial charge in [0.1, 0.15) is 5.78 Å². The summed E-state index contributed by atoms with van der Waals surface area (Å²) in [6.45, 7) is 14.1. The van der Waals surface area contributed by atoms with Crippen LogP contribution in [0.4, 0.5) is 0 Å². The Balaban J connectivity index is 3.73. The van der Waals surface area contributed by atoms with Crippen molar-refractivity contribution >= 4 is 5.78 Å². The van der Waals surface area contributed by atoms with Gasteiger partial charge in [0.25, 0.3) is 0 Å². The lowest BCUT2D eigenvalue weighted by molar-refractivity contribution is -0.128. The summed E-state index contributed by atoms with van der Waals surface area (Å²) in [7, 11) is 0. The Morgan fingerprint density at radius 1 is 0.895 bits per heavy atom. The van der Waals surface area contributed by atoms with Gasteiger partial charge in [-0.05, 0) is 52.5 Å². The van der Waals surface area contributed by atoms with Gasteiger partial charge < -0.3 is 5.32 Å². The summed E-state index contributed by atoms with van der Waals surface area (Å²) >= 11 is 0. The van der Waals surface area contributed by atoms with Gasteiger partial charge in [-0.15, -0.1) is 0 Å². The summed E-state index contributed by atoms with van der Waals surface area (Å²) < 4.78 is 0. The molecule has 0 saturated carbocycles. The Kier molecular flexibility index (Phi) is 8.56. The van der Waals surface area contributed by atoms with Gasteiger partial charge in [-0.3, -0.25) is 4.79 Å². The average Bonchev–Trinajstić information content (AvgIpc) is 2.41. The van der Waals surface area contributed by atoms with Crippen LogP contribution < -0.4 is 5.32 Å². The maximum absolute atomic E-state index is 12.1. The van der Waals surface area contributed by atoms with Crippen LogP contribution in [0.2, 0.25) is 0 Å². The molecule has 0 rings (SSSR count). The predicted molar refractivity (Wildman–Crippen MR) is 84.5 cm³/mol. The summed E-state index contributed by atoms with van der Waals surface area (Å²) in [6, 6.07) is 0. The van der Waals surface area contributed by atoms with Crippen LogP contribution in [-0.2, 0) is 4.79 Å². The molecule has 0 bridgehead atoms. The standard InChI is InChI=1S/C17H35NO/c1-7-16(4,5)18-14-12-10-11-13-15(19)17(6,8-2)9-3/h18H,7-14H2,1-6H3. The maximum atomic E-state index is 12.1. The van der Waals surface area contributed by atoms with Crippen molar-refractivity contribution in [3.8, 4) is 0 Å². The molecule has 1 N–H and O–H groups in total. The second-order valence-corrected chi connectivity index (χ2v) is 6.67. The first-order chi connectivity index (χ1) is 8.81. The Bertz CT molecular complexity index is 254. The fraction of sp³-hybridized carbons (Fsp3) is 0.941. The van der Waals surface area contributed by atoms with Crippen LogP contribution in [-0.4, -0.2) is 17.9 Å².